The van der Waals surface area contributed by atoms with Crippen LogP contribution in [0.4, 0.5) is 0 Å². The highest BCUT2D eigenvalue weighted by Gasteiger charge is 2.11. The Balaban J connectivity index is 3.61. The predicted octanol–water partition coefficient (Wildman–Crippen LogP) is 2.11. The lowest BCUT2D eigenvalue weighted by Crippen LogP contribution is -2.08. The van der Waals surface area contributed by atoms with Gasteiger partial charge in [-0.3, -0.25) is 4.79 Å². The average molecular weight is 208 g/mol. The van der Waals surface area contributed by atoms with E-state index in [1.807, 2.05) is 0 Å². The Labute approximate surface area is 84.6 Å². The van der Waals surface area contributed by atoms with E-state index >= 15 is 0 Å². The van der Waals surface area contributed by atoms with Gasteiger partial charge < -0.3 is 5.11 Å². The largest absolute Gasteiger partial charge is 0.481 e. The summed E-state index contributed by atoms with van der Waals surface area (Å²) in [6.07, 6.45) is 3.11. The Morgan fingerprint density at radius 1 is 1.25 bits per heavy atom. The minimum Gasteiger partial charge on any atom is -0.481 e. The van der Waals surface area contributed by atoms with E-state index in [9.17, 15) is 4.79 Å². The molecule has 0 aliphatic heterocycles. The number of hydrogen-bond donors (Lipinski definition) is 3. The second-order valence-corrected chi connectivity index (χ2v) is 3.74. The summed E-state index contributed by atoms with van der Waals surface area (Å²) in [5.74, 6) is 1.18. The molecule has 0 aromatic rings. The summed E-state index contributed by atoms with van der Waals surface area (Å²) in [5, 5.41) is 8.57. The van der Waals surface area contributed by atoms with Crippen molar-refractivity contribution in [1.29, 1.82) is 0 Å². The smallest absolute Gasteiger partial charge is 0.303 e. The Hall–Kier alpha value is 0.170. The molecule has 0 bridgehead atoms. The standard InChI is InChI=1S/C8H16O2S2/c9-8(10)6-7(3-5-12)2-1-4-11/h7,11-12H,1-6H2,(H,9,10). The van der Waals surface area contributed by atoms with Gasteiger partial charge >= 0.3 is 5.97 Å². The maximum atomic E-state index is 10.4. The Morgan fingerprint density at radius 2 is 1.92 bits per heavy atom. The normalized spacial score (nSPS) is 12.8. The lowest BCUT2D eigenvalue weighted by Gasteiger charge is -2.11. The highest BCUT2D eigenvalue weighted by Crippen LogP contribution is 2.16. The summed E-state index contributed by atoms with van der Waals surface area (Å²) in [6.45, 7) is 0. The van der Waals surface area contributed by atoms with Crippen LogP contribution in [0.15, 0.2) is 0 Å². The molecule has 0 heterocycles. The number of aliphatic carboxylic acids is 1. The second-order valence-electron chi connectivity index (χ2n) is 2.84. The van der Waals surface area contributed by atoms with Crippen molar-refractivity contribution in [3.8, 4) is 0 Å². The Morgan fingerprint density at radius 3 is 2.33 bits per heavy atom. The fourth-order valence-electron chi connectivity index (χ4n) is 1.16. The van der Waals surface area contributed by atoms with Gasteiger partial charge in [0.25, 0.3) is 0 Å². The molecular formula is C8H16O2S2. The predicted molar refractivity (Wildman–Crippen MR) is 57.3 cm³/mol. The number of carboxylic acid groups (broad SMARTS) is 1. The number of rotatable bonds is 7. The minimum absolute atomic E-state index is 0.272. The molecule has 0 fully saturated rings. The Bertz CT molecular complexity index is 128. The lowest BCUT2D eigenvalue weighted by atomic mass is 9.97. The first-order valence-electron chi connectivity index (χ1n) is 4.14. The van der Waals surface area contributed by atoms with E-state index in [2.05, 4.69) is 25.3 Å². The molecule has 2 nitrogen and oxygen atoms in total. The minimum atomic E-state index is -0.707. The van der Waals surface area contributed by atoms with Gasteiger partial charge in [-0.05, 0) is 36.7 Å². The molecule has 0 saturated heterocycles. The molecule has 0 aromatic heterocycles. The summed E-state index contributed by atoms with van der Waals surface area (Å²) in [7, 11) is 0. The van der Waals surface area contributed by atoms with Crippen LogP contribution in [0.25, 0.3) is 0 Å². The van der Waals surface area contributed by atoms with Gasteiger partial charge in [0.2, 0.25) is 0 Å². The van der Waals surface area contributed by atoms with Crippen LogP contribution in [0.3, 0.4) is 0 Å². The van der Waals surface area contributed by atoms with Gasteiger partial charge in [0.05, 0.1) is 0 Å². The first-order chi connectivity index (χ1) is 5.70. The highest BCUT2D eigenvalue weighted by atomic mass is 32.1. The fourth-order valence-corrected chi connectivity index (χ4v) is 1.71. The maximum absolute atomic E-state index is 10.4. The van der Waals surface area contributed by atoms with Crippen LogP contribution in [0, 0.1) is 5.92 Å². The van der Waals surface area contributed by atoms with Gasteiger partial charge in [-0.1, -0.05) is 0 Å². The van der Waals surface area contributed by atoms with Gasteiger partial charge in [0.15, 0.2) is 0 Å². The number of carboxylic acids is 1. The molecular weight excluding hydrogens is 192 g/mol. The van der Waals surface area contributed by atoms with Gasteiger partial charge in [-0.15, -0.1) is 0 Å². The van der Waals surface area contributed by atoms with Crippen LogP contribution in [0.2, 0.25) is 0 Å². The zero-order valence-corrected chi connectivity index (χ0v) is 8.86. The van der Waals surface area contributed by atoms with Crippen LogP contribution in [0.5, 0.6) is 0 Å². The SMILES string of the molecule is O=C(O)CC(CCS)CCCS. The fraction of sp³-hybridized carbons (Fsp3) is 0.875. The molecule has 0 aliphatic carbocycles. The molecule has 4 heteroatoms. The van der Waals surface area contributed by atoms with E-state index in [0.717, 1.165) is 30.8 Å². The van der Waals surface area contributed by atoms with E-state index in [1.165, 1.54) is 0 Å². The molecule has 1 unspecified atom stereocenters. The molecule has 0 rings (SSSR count). The van der Waals surface area contributed by atoms with E-state index in [0.29, 0.717) is 0 Å². The van der Waals surface area contributed by atoms with E-state index < -0.39 is 5.97 Å². The van der Waals surface area contributed by atoms with Crippen molar-refractivity contribution in [3.63, 3.8) is 0 Å². The number of carbonyl (C=O) groups is 1. The van der Waals surface area contributed by atoms with E-state index in [1.54, 1.807) is 0 Å². The van der Waals surface area contributed by atoms with Crippen LogP contribution in [0.1, 0.15) is 25.7 Å². The maximum Gasteiger partial charge on any atom is 0.303 e. The second kappa shape index (κ2) is 7.80. The van der Waals surface area contributed by atoms with Crippen molar-refractivity contribution in [2.24, 2.45) is 5.92 Å². The van der Waals surface area contributed by atoms with E-state index in [-0.39, 0.29) is 12.3 Å². The molecule has 12 heavy (non-hydrogen) atoms. The first-order valence-corrected chi connectivity index (χ1v) is 5.40. The van der Waals surface area contributed by atoms with Crippen molar-refractivity contribution in [2.75, 3.05) is 11.5 Å². The van der Waals surface area contributed by atoms with Crippen molar-refractivity contribution < 1.29 is 9.90 Å². The molecule has 0 aromatic carbocycles. The monoisotopic (exact) mass is 208 g/mol. The van der Waals surface area contributed by atoms with Gasteiger partial charge in [-0.2, -0.15) is 25.3 Å². The quantitative estimate of drug-likeness (QED) is 0.561. The summed E-state index contributed by atoms with van der Waals surface area (Å²) in [4.78, 5) is 10.4. The first kappa shape index (κ1) is 12.2. The lowest BCUT2D eigenvalue weighted by molar-refractivity contribution is -0.138. The molecule has 72 valence electrons. The van der Waals surface area contributed by atoms with Crippen molar-refractivity contribution in [2.45, 2.75) is 25.7 Å². The summed E-state index contributed by atoms with van der Waals surface area (Å²) in [5.41, 5.74) is 0. The van der Waals surface area contributed by atoms with Gasteiger partial charge in [0.1, 0.15) is 0 Å². The third-order valence-corrected chi connectivity index (χ3v) is 2.35. The van der Waals surface area contributed by atoms with Crippen molar-refractivity contribution in [1.82, 2.24) is 0 Å². The van der Waals surface area contributed by atoms with Crippen LogP contribution in [-0.4, -0.2) is 22.6 Å². The number of thiol groups is 2. The average Bonchev–Trinajstić information content (AvgIpc) is 2.00. The molecule has 0 aliphatic rings. The molecule has 0 spiro atoms. The number of hydrogen-bond acceptors (Lipinski definition) is 3. The summed E-state index contributed by atoms with van der Waals surface area (Å²) in [6, 6.07) is 0. The van der Waals surface area contributed by atoms with Crippen molar-refractivity contribution in [3.05, 3.63) is 0 Å². The van der Waals surface area contributed by atoms with Gasteiger partial charge in [0, 0.05) is 6.42 Å². The molecule has 0 amide bonds. The van der Waals surface area contributed by atoms with Crippen LogP contribution < -0.4 is 0 Å². The van der Waals surface area contributed by atoms with Crippen LogP contribution >= 0.6 is 25.3 Å². The topological polar surface area (TPSA) is 37.3 Å². The van der Waals surface area contributed by atoms with Crippen LogP contribution in [-0.2, 0) is 4.79 Å². The highest BCUT2D eigenvalue weighted by molar-refractivity contribution is 7.80. The Kier molecular flexibility index (Phi) is 7.91. The third-order valence-electron chi connectivity index (χ3n) is 1.77. The molecule has 0 radical (unpaired) electrons. The zero-order valence-electron chi connectivity index (χ0n) is 7.07. The van der Waals surface area contributed by atoms with Crippen molar-refractivity contribution >= 4 is 31.2 Å². The zero-order chi connectivity index (χ0) is 9.40. The summed E-state index contributed by atoms with van der Waals surface area (Å²) >= 11 is 8.18. The van der Waals surface area contributed by atoms with E-state index in [4.69, 9.17) is 5.11 Å². The molecule has 1 atom stereocenters. The molecule has 0 saturated carbocycles. The third kappa shape index (κ3) is 6.85. The van der Waals surface area contributed by atoms with Gasteiger partial charge in [-0.25, -0.2) is 0 Å². The molecule has 1 N–H and O–H groups in total. The summed E-state index contributed by atoms with van der Waals surface area (Å²) < 4.78 is 0.